The van der Waals surface area contributed by atoms with Crippen LogP contribution in [0.4, 0.5) is 8.78 Å². The summed E-state index contributed by atoms with van der Waals surface area (Å²) < 4.78 is 27.2. The van der Waals surface area contributed by atoms with E-state index < -0.39 is 29.6 Å². The van der Waals surface area contributed by atoms with Crippen LogP contribution in [0.15, 0.2) is 29.6 Å². The van der Waals surface area contributed by atoms with Crippen LogP contribution in [-0.4, -0.2) is 28.9 Å². The van der Waals surface area contributed by atoms with Gasteiger partial charge in [0, 0.05) is 24.1 Å². The number of thiophene rings is 1. The van der Waals surface area contributed by atoms with E-state index in [9.17, 15) is 23.5 Å². The van der Waals surface area contributed by atoms with Crippen molar-refractivity contribution in [3.05, 3.63) is 56.7 Å². The third kappa shape index (κ3) is 3.26. The molecule has 0 aliphatic rings. The minimum atomic E-state index is -1.58. The molecular weight excluding hydrogens is 336 g/mol. The number of halogens is 3. The Morgan fingerprint density at radius 1 is 1.32 bits per heavy atom. The molecule has 1 aromatic carbocycles. The zero-order valence-electron chi connectivity index (χ0n) is 11.2. The number of rotatable bonds is 4. The fourth-order valence-electron chi connectivity index (χ4n) is 1.97. The van der Waals surface area contributed by atoms with Gasteiger partial charge in [-0.05, 0) is 12.1 Å². The van der Waals surface area contributed by atoms with Crippen LogP contribution in [-0.2, 0) is 4.79 Å². The number of carboxylic acid groups (broad SMARTS) is 1. The summed E-state index contributed by atoms with van der Waals surface area (Å²) in [5, 5.41) is 10.8. The van der Waals surface area contributed by atoms with Crippen molar-refractivity contribution in [2.75, 3.05) is 7.05 Å². The summed E-state index contributed by atoms with van der Waals surface area (Å²) in [6.45, 7) is 0. The van der Waals surface area contributed by atoms with Crippen LogP contribution in [0.25, 0.3) is 0 Å². The standard InChI is InChI=1S/C14H10ClF2NO3S/c1-18(13(19)7-4-11(15)22-6-7)12(14(20)21)9-3-2-8(16)5-10(9)17/h2-6,12H,1H3,(H,20,21). The smallest absolute Gasteiger partial charge is 0.331 e. The highest BCUT2D eigenvalue weighted by atomic mass is 35.5. The fraction of sp³-hybridized carbons (Fsp3) is 0.143. The Labute approximate surface area is 133 Å². The highest BCUT2D eigenvalue weighted by Crippen LogP contribution is 2.27. The molecule has 1 amide bonds. The number of carbonyl (C=O) groups excluding carboxylic acids is 1. The van der Waals surface area contributed by atoms with Crippen molar-refractivity contribution >= 4 is 34.8 Å². The van der Waals surface area contributed by atoms with Gasteiger partial charge in [0.2, 0.25) is 0 Å². The molecule has 0 saturated carbocycles. The summed E-state index contributed by atoms with van der Waals surface area (Å²) >= 11 is 6.86. The summed E-state index contributed by atoms with van der Waals surface area (Å²) in [6, 6.07) is 2.34. The first-order chi connectivity index (χ1) is 10.3. The molecule has 0 radical (unpaired) electrons. The van der Waals surface area contributed by atoms with Gasteiger partial charge in [-0.1, -0.05) is 17.7 Å². The molecule has 2 rings (SSSR count). The first-order valence-electron chi connectivity index (χ1n) is 6.00. The Balaban J connectivity index is 2.39. The summed E-state index contributed by atoms with van der Waals surface area (Å²) in [6.07, 6.45) is 0. The van der Waals surface area contributed by atoms with E-state index in [4.69, 9.17) is 11.6 Å². The number of benzene rings is 1. The molecule has 4 nitrogen and oxygen atoms in total. The molecular formula is C14H10ClF2NO3S. The average molecular weight is 346 g/mol. The Morgan fingerprint density at radius 2 is 2.00 bits per heavy atom. The molecule has 0 fully saturated rings. The minimum absolute atomic E-state index is 0.200. The maximum atomic E-state index is 13.8. The van der Waals surface area contributed by atoms with Gasteiger partial charge in [0.1, 0.15) is 11.6 Å². The van der Waals surface area contributed by atoms with Crippen LogP contribution in [0.3, 0.4) is 0 Å². The van der Waals surface area contributed by atoms with Gasteiger partial charge < -0.3 is 10.0 Å². The van der Waals surface area contributed by atoms with Crippen molar-refractivity contribution in [1.82, 2.24) is 4.90 Å². The Morgan fingerprint density at radius 3 is 2.50 bits per heavy atom. The quantitative estimate of drug-likeness (QED) is 0.921. The number of amides is 1. The number of hydrogen-bond acceptors (Lipinski definition) is 3. The molecule has 0 aliphatic heterocycles. The van der Waals surface area contributed by atoms with Gasteiger partial charge in [-0.15, -0.1) is 11.3 Å². The second-order valence-corrected chi connectivity index (χ2v) is 6.00. The minimum Gasteiger partial charge on any atom is -0.479 e. The summed E-state index contributed by atoms with van der Waals surface area (Å²) in [7, 11) is 1.23. The molecule has 1 unspecified atom stereocenters. The van der Waals surface area contributed by atoms with Gasteiger partial charge in [-0.25, -0.2) is 13.6 Å². The van der Waals surface area contributed by atoms with E-state index >= 15 is 0 Å². The molecule has 1 atom stereocenters. The van der Waals surface area contributed by atoms with Crippen molar-refractivity contribution in [3.8, 4) is 0 Å². The summed E-state index contributed by atoms with van der Waals surface area (Å²) in [5.74, 6) is -3.92. The average Bonchev–Trinajstić information content (AvgIpc) is 2.86. The van der Waals surface area contributed by atoms with E-state index in [-0.39, 0.29) is 11.1 Å². The SMILES string of the molecule is CN(C(=O)c1csc(Cl)c1)C(C(=O)O)c1ccc(F)cc1F. The van der Waals surface area contributed by atoms with Gasteiger partial charge in [-0.3, -0.25) is 4.79 Å². The van der Waals surface area contributed by atoms with Gasteiger partial charge in [0.25, 0.3) is 5.91 Å². The van der Waals surface area contributed by atoms with Crippen LogP contribution in [0.5, 0.6) is 0 Å². The fourth-order valence-corrected chi connectivity index (χ4v) is 2.83. The first kappa shape index (κ1) is 16.4. The normalized spacial score (nSPS) is 12.0. The largest absolute Gasteiger partial charge is 0.479 e. The number of aliphatic carboxylic acids is 1. The van der Waals surface area contributed by atoms with Crippen LogP contribution < -0.4 is 0 Å². The Hall–Kier alpha value is -1.99. The van der Waals surface area contributed by atoms with E-state index in [1.165, 1.54) is 18.5 Å². The predicted octanol–water partition coefficient (Wildman–Crippen LogP) is 3.58. The third-order valence-corrected chi connectivity index (χ3v) is 4.10. The maximum absolute atomic E-state index is 13.8. The van der Waals surface area contributed by atoms with E-state index in [1.807, 2.05) is 0 Å². The molecule has 2 aromatic rings. The second kappa shape index (κ2) is 6.41. The molecule has 0 saturated heterocycles. The lowest BCUT2D eigenvalue weighted by atomic mass is 10.0. The van der Waals surface area contributed by atoms with E-state index in [2.05, 4.69) is 0 Å². The zero-order valence-corrected chi connectivity index (χ0v) is 12.8. The molecule has 1 N–H and O–H groups in total. The van der Waals surface area contributed by atoms with Crippen molar-refractivity contribution in [3.63, 3.8) is 0 Å². The lowest BCUT2D eigenvalue weighted by Gasteiger charge is -2.25. The summed E-state index contributed by atoms with van der Waals surface area (Å²) in [4.78, 5) is 24.6. The van der Waals surface area contributed by atoms with Crippen LogP contribution in [0.1, 0.15) is 22.0 Å². The number of carbonyl (C=O) groups is 2. The molecule has 0 spiro atoms. The van der Waals surface area contributed by atoms with E-state index in [0.717, 1.165) is 28.4 Å². The second-order valence-electron chi connectivity index (χ2n) is 4.46. The number of likely N-dealkylation sites (N-methyl/N-ethyl adjacent to an activating group) is 1. The van der Waals surface area contributed by atoms with Gasteiger partial charge in [-0.2, -0.15) is 0 Å². The van der Waals surface area contributed by atoms with Gasteiger partial charge in [0.15, 0.2) is 6.04 Å². The monoisotopic (exact) mass is 345 g/mol. The van der Waals surface area contributed by atoms with Crippen LogP contribution in [0.2, 0.25) is 4.34 Å². The molecule has 1 heterocycles. The topological polar surface area (TPSA) is 57.6 Å². The predicted molar refractivity (Wildman–Crippen MR) is 78.2 cm³/mol. The first-order valence-corrected chi connectivity index (χ1v) is 7.26. The molecule has 22 heavy (non-hydrogen) atoms. The summed E-state index contributed by atoms with van der Waals surface area (Å²) in [5.41, 5.74) is -0.0997. The number of carboxylic acids is 1. The van der Waals surface area contributed by atoms with Crippen molar-refractivity contribution in [2.24, 2.45) is 0 Å². The molecule has 0 aliphatic carbocycles. The number of nitrogens with zero attached hydrogens (tertiary/aromatic N) is 1. The molecule has 116 valence electrons. The molecule has 1 aromatic heterocycles. The van der Waals surface area contributed by atoms with Crippen LogP contribution >= 0.6 is 22.9 Å². The number of hydrogen-bond donors (Lipinski definition) is 1. The van der Waals surface area contributed by atoms with Crippen LogP contribution in [0, 0.1) is 11.6 Å². The third-order valence-electron chi connectivity index (χ3n) is 3.01. The lowest BCUT2D eigenvalue weighted by molar-refractivity contribution is -0.142. The maximum Gasteiger partial charge on any atom is 0.331 e. The molecule has 0 bridgehead atoms. The van der Waals surface area contributed by atoms with Gasteiger partial charge >= 0.3 is 5.97 Å². The highest BCUT2D eigenvalue weighted by molar-refractivity contribution is 7.14. The van der Waals surface area contributed by atoms with Crippen molar-refractivity contribution in [1.29, 1.82) is 0 Å². The zero-order chi connectivity index (χ0) is 16.4. The molecule has 8 heteroatoms. The Kier molecular flexibility index (Phi) is 4.77. The van der Waals surface area contributed by atoms with E-state index in [1.54, 1.807) is 0 Å². The highest BCUT2D eigenvalue weighted by Gasteiger charge is 2.31. The van der Waals surface area contributed by atoms with Crippen molar-refractivity contribution < 1.29 is 23.5 Å². The van der Waals surface area contributed by atoms with Gasteiger partial charge in [0.05, 0.1) is 9.90 Å². The lowest BCUT2D eigenvalue weighted by Crippen LogP contribution is -2.36. The van der Waals surface area contributed by atoms with E-state index in [0.29, 0.717) is 10.4 Å². The van der Waals surface area contributed by atoms with Crippen molar-refractivity contribution in [2.45, 2.75) is 6.04 Å². The Bertz CT molecular complexity index is 735.